The molecule has 0 aliphatic carbocycles. The SMILES string of the molecule is CCc1cccc(N2C(=O)/C(=C\c3cc(Br)ccc3OC)NC2=S)c1. The minimum absolute atomic E-state index is 0.180. The standard InChI is InChI=1S/C19H17BrN2O2S/c1-3-12-5-4-6-15(9-12)22-18(23)16(21-19(22)25)11-13-10-14(20)7-8-17(13)24-2/h4-11H,3H2,1-2H3,(H,21,25)/b16-11+. The number of carbonyl (C=O) groups is 1. The molecular weight excluding hydrogens is 400 g/mol. The molecule has 0 unspecified atom stereocenters. The number of anilines is 1. The van der Waals surface area contributed by atoms with Crippen LogP contribution in [0.4, 0.5) is 5.69 Å². The lowest BCUT2D eigenvalue weighted by atomic mass is 10.1. The van der Waals surface area contributed by atoms with Gasteiger partial charge in [0.1, 0.15) is 11.4 Å². The van der Waals surface area contributed by atoms with E-state index in [0.29, 0.717) is 16.6 Å². The molecule has 1 amide bonds. The second kappa shape index (κ2) is 7.37. The largest absolute Gasteiger partial charge is 0.496 e. The van der Waals surface area contributed by atoms with Gasteiger partial charge in [-0.2, -0.15) is 0 Å². The molecule has 1 heterocycles. The number of amides is 1. The van der Waals surface area contributed by atoms with Gasteiger partial charge in [0.05, 0.1) is 12.8 Å². The van der Waals surface area contributed by atoms with Crippen molar-refractivity contribution >= 4 is 50.9 Å². The topological polar surface area (TPSA) is 41.6 Å². The van der Waals surface area contributed by atoms with Gasteiger partial charge in [-0.1, -0.05) is 35.0 Å². The first-order valence-electron chi connectivity index (χ1n) is 7.83. The third-order valence-electron chi connectivity index (χ3n) is 3.95. The molecule has 1 aliphatic heterocycles. The predicted octanol–water partition coefficient (Wildman–Crippen LogP) is 4.28. The van der Waals surface area contributed by atoms with Crippen LogP contribution in [0.15, 0.2) is 52.6 Å². The molecule has 1 aliphatic rings. The van der Waals surface area contributed by atoms with Crippen LogP contribution in [-0.2, 0) is 11.2 Å². The first kappa shape index (κ1) is 17.6. The van der Waals surface area contributed by atoms with Gasteiger partial charge in [-0.15, -0.1) is 0 Å². The fourth-order valence-electron chi connectivity index (χ4n) is 2.66. The van der Waals surface area contributed by atoms with Crippen molar-refractivity contribution in [2.75, 3.05) is 12.0 Å². The summed E-state index contributed by atoms with van der Waals surface area (Å²) in [5, 5.41) is 3.38. The van der Waals surface area contributed by atoms with Gasteiger partial charge in [0.25, 0.3) is 5.91 Å². The average molecular weight is 417 g/mol. The van der Waals surface area contributed by atoms with E-state index < -0.39 is 0 Å². The lowest BCUT2D eigenvalue weighted by Gasteiger charge is -2.14. The highest BCUT2D eigenvalue weighted by molar-refractivity contribution is 9.10. The number of hydrogen-bond acceptors (Lipinski definition) is 3. The Kier molecular flexibility index (Phi) is 5.20. The number of carbonyl (C=O) groups excluding carboxylic acids is 1. The molecule has 0 radical (unpaired) electrons. The van der Waals surface area contributed by atoms with E-state index in [1.807, 2.05) is 42.5 Å². The molecule has 0 aromatic heterocycles. The molecule has 0 atom stereocenters. The van der Waals surface area contributed by atoms with Crippen LogP contribution in [0.1, 0.15) is 18.1 Å². The molecule has 6 heteroatoms. The second-order valence-electron chi connectivity index (χ2n) is 5.54. The molecule has 25 heavy (non-hydrogen) atoms. The van der Waals surface area contributed by atoms with E-state index in [0.717, 1.165) is 27.7 Å². The van der Waals surface area contributed by atoms with Gasteiger partial charge >= 0.3 is 0 Å². The number of nitrogens with zero attached hydrogens (tertiary/aromatic N) is 1. The summed E-state index contributed by atoms with van der Waals surface area (Å²) in [7, 11) is 1.60. The molecule has 1 saturated heterocycles. The fourth-order valence-corrected chi connectivity index (χ4v) is 3.34. The Hall–Kier alpha value is -2.18. The highest BCUT2D eigenvalue weighted by Gasteiger charge is 2.32. The Morgan fingerprint density at radius 3 is 2.80 bits per heavy atom. The zero-order valence-electron chi connectivity index (χ0n) is 13.9. The zero-order valence-corrected chi connectivity index (χ0v) is 16.3. The summed E-state index contributed by atoms with van der Waals surface area (Å²) >= 11 is 8.81. The first-order chi connectivity index (χ1) is 12.0. The van der Waals surface area contributed by atoms with Gasteiger partial charge in [0.15, 0.2) is 5.11 Å². The molecule has 0 bridgehead atoms. The molecule has 2 aromatic carbocycles. The molecule has 2 aromatic rings. The van der Waals surface area contributed by atoms with E-state index in [9.17, 15) is 4.79 Å². The summed E-state index contributed by atoms with van der Waals surface area (Å²) in [6.45, 7) is 2.08. The molecule has 3 rings (SSSR count). The number of rotatable bonds is 4. The van der Waals surface area contributed by atoms with Crippen LogP contribution in [-0.4, -0.2) is 18.1 Å². The van der Waals surface area contributed by atoms with Crippen molar-refractivity contribution in [2.24, 2.45) is 0 Å². The Bertz CT molecular complexity index is 879. The smallest absolute Gasteiger partial charge is 0.281 e. The third-order valence-corrected chi connectivity index (χ3v) is 4.72. The predicted molar refractivity (Wildman–Crippen MR) is 108 cm³/mol. The quantitative estimate of drug-likeness (QED) is 0.596. The third kappa shape index (κ3) is 3.60. The molecular formula is C19H17BrN2O2S. The summed E-state index contributed by atoms with van der Waals surface area (Å²) in [5.74, 6) is 0.503. The number of thiocarbonyl (C=S) groups is 1. The van der Waals surface area contributed by atoms with Gasteiger partial charge in [0, 0.05) is 10.0 Å². The second-order valence-corrected chi connectivity index (χ2v) is 6.84. The van der Waals surface area contributed by atoms with Gasteiger partial charge in [-0.25, -0.2) is 0 Å². The van der Waals surface area contributed by atoms with Crippen LogP contribution in [0.5, 0.6) is 5.75 Å². The maximum atomic E-state index is 12.9. The van der Waals surface area contributed by atoms with Crippen molar-refractivity contribution in [3.8, 4) is 5.75 Å². The van der Waals surface area contributed by atoms with Crippen LogP contribution in [0.25, 0.3) is 6.08 Å². The Balaban J connectivity index is 1.97. The zero-order chi connectivity index (χ0) is 18.0. The van der Waals surface area contributed by atoms with Crippen molar-refractivity contribution < 1.29 is 9.53 Å². The lowest BCUT2D eigenvalue weighted by molar-refractivity contribution is -0.113. The number of methoxy groups -OCH3 is 1. The van der Waals surface area contributed by atoms with Crippen LogP contribution >= 0.6 is 28.1 Å². The van der Waals surface area contributed by atoms with Crippen molar-refractivity contribution in [1.82, 2.24) is 5.32 Å². The Labute approximate surface area is 160 Å². The molecule has 0 spiro atoms. The summed E-state index contributed by atoms with van der Waals surface area (Å²) in [5.41, 5.74) is 3.13. The molecule has 0 saturated carbocycles. The molecule has 1 fully saturated rings. The molecule has 1 N–H and O–H groups in total. The highest BCUT2D eigenvalue weighted by atomic mass is 79.9. The number of hydrogen-bond donors (Lipinski definition) is 1. The van der Waals surface area contributed by atoms with E-state index in [-0.39, 0.29) is 5.91 Å². The Morgan fingerprint density at radius 1 is 1.28 bits per heavy atom. The first-order valence-corrected chi connectivity index (χ1v) is 9.03. The fraction of sp³-hybridized carbons (Fsp3) is 0.158. The van der Waals surface area contributed by atoms with Crippen LogP contribution < -0.4 is 15.0 Å². The van der Waals surface area contributed by atoms with E-state index >= 15 is 0 Å². The minimum Gasteiger partial charge on any atom is -0.496 e. The monoisotopic (exact) mass is 416 g/mol. The summed E-state index contributed by atoms with van der Waals surface area (Å²) in [6.07, 6.45) is 2.65. The summed E-state index contributed by atoms with van der Waals surface area (Å²) < 4.78 is 6.27. The molecule has 4 nitrogen and oxygen atoms in total. The maximum absolute atomic E-state index is 12.9. The van der Waals surface area contributed by atoms with Crippen LogP contribution in [0, 0.1) is 0 Å². The van der Waals surface area contributed by atoms with E-state index in [1.54, 1.807) is 13.2 Å². The number of ether oxygens (including phenoxy) is 1. The molecule has 128 valence electrons. The van der Waals surface area contributed by atoms with Gasteiger partial charge in [-0.05, 0) is 60.6 Å². The van der Waals surface area contributed by atoms with Crippen molar-refractivity contribution in [1.29, 1.82) is 0 Å². The summed E-state index contributed by atoms with van der Waals surface area (Å²) in [6, 6.07) is 13.5. The highest BCUT2D eigenvalue weighted by Crippen LogP contribution is 2.28. The van der Waals surface area contributed by atoms with Gasteiger partial charge in [0.2, 0.25) is 0 Å². The van der Waals surface area contributed by atoms with Crippen molar-refractivity contribution in [2.45, 2.75) is 13.3 Å². The van der Waals surface area contributed by atoms with Crippen molar-refractivity contribution in [3.05, 3.63) is 63.8 Å². The van der Waals surface area contributed by atoms with Gasteiger partial charge < -0.3 is 10.1 Å². The number of benzene rings is 2. The maximum Gasteiger partial charge on any atom is 0.281 e. The number of halogens is 1. The summed E-state index contributed by atoms with van der Waals surface area (Å²) in [4.78, 5) is 14.4. The van der Waals surface area contributed by atoms with Crippen LogP contribution in [0.2, 0.25) is 0 Å². The van der Waals surface area contributed by atoms with Crippen molar-refractivity contribution in [3.63, 3.8) is 0 Å². The number of nitrogens with one attached hydrogen (secondary N) is 1. The van der Waals surface area contributed by atoms with E-state index in [2.05, 4.69) is 28.2 Å². The average Bonchev–Trinajstić information content (AvgIpc) is 2.89. The Morgan fingerprint density at radius 2 is 2.08 bits per heavy atom. The lowest BCUT2D eigenvalue weighted by Crippen LogP contribution is -2.30. The minimum atomic E-state index is -0.180. The van der Waals surface area contributed by atoms with Gasteiger partial charge in [-0.3, -0.25) is 9.69 Å². The van der Waals surface area contributed by atoms with Crippen LogP contribution in [0.3, 0.4) is 0 Å². The normalized spacial score (nSPS) is 15.6. The van der Waals surface area contributed by atoms with E-state index in [1.165, 1.54) is 4.90 Å². The number of aryl methyl sites for hydroxylation is 1. The van der Waals surface area contributed by atoms with E-state index in [4.69, 9.17) is 17.0 Å².